The number of nitrogens with zero attached hydrogens (tertiary/aromatic N) is 2. The van der Waals surface area contributed by atoms with Gasteiger partial charge >= 0.3 is 0 Å². The molecule has 2 saturated heterocycles. The summed E-state index contributed by atoms with van der Waals surface area (Å²) in [5.74, 6) is 1.18. The van der Waals surface area contributed by atoms with Crippen LogP contribution in [0, 0.1) is 0 Å². The van der Waals surface area contributed by atoms with Crippen LogP contribution in [0.4, 0.5) is 5.69 Å². The average molecular weight is 377 g/mol. The van der Waals surface area contributed by atoms with Gasteiger partial charge in [-0.1, -0.05) is 0 Å². The first-order chi connectivity index (χ1) is 13.1. The van der Waals surface area contributed by atoms with Crippen LogP contribution in [0.15, 0.2) is 18.2 Å². The molecule has 2 aliphatic heterocycles. The van der Waals surface area contributed by atoms with Gasteiger partial charge in [0.25, 0.3) is 5.91 Å². The average Bonchev–Trinajstić information content (AvgIpc) is 3.23. The van der Waals surface area contributed by atoms with Crippen molar-refractivity contribution >= 4 is 17.5 Å². The largest absolute Gasteiger partial charge is 0.497 e. The van der Waals surface area contributed by atoms with E-state index in [0.29, 0.717) is 50.0 Å². The monoisotopic (exact) mass is 377 g/mol. The van der Waals surface area contributed by atoms with Crippen LogP contribution < -0.4 is 14.8 Å². The molecule has 0 unspecified atom stereocenters. The molecule has 8 nitrogen and oxygen atoms in total. The third-order valence-corrected chi connectivity index (χ3v) is 4.94. The van der Waals surface area contributed by atoms with E-state index in [-0.39, 0.29) is 24.5 Å². The lowest BCUT2D eigenvalue weighted by atomic mass is 10.2. The molecule has 2 amide bonds. The van der Waals surface area contributed by atoms with E-state index >= 15 is 0 Å². The summed E-state index contributed by atoms with van der Waals surface area (Å²) in [5, 5.41) is 2.88. The summed E-state index contributed by atoms with van der Waals surface area (Å²) in [4.78, 5) is 28.7. The summed E-state index contributed by atoms with van der Waals surface area (Å²) in [7, 11) is 3.13. The molecular weight excluding hydrogens is 350 g/mol. The number of hydrogen-bond donors (Lipinski definition) is 1. The topological polar surface area (TPSA) is 80.3 Å². The highest BCUT2D eigenvalue weighted by Crippen LogP contribution is 2.29. The van der Waals surface area contributed by atoms with Gasteiger partial charge in [-0.3, -0.25) is 14.5 Å². The summed E-state index contributed by atoms with van der Waals surface area (Å²) in [5.41, 5.74) is 0.607. The van der Waals surface area contributed by atoms with E-state index in [1.165, 1.54) is 0 Å². The molecule has 0 spiro atoms. The number of piperazine rings is 1. The number of benzene rings is 1. The van der Waals surface area contributed by atoms with Crippen LogP contribution in [-0.4, -0.2) is 81.3 Å². The maximum Gasteiger partial charge on any atom is 0.251 e. The van der Waals surface area contributed by atoms with Gasteiger partial charge in [0.1, 0.15) is 17.6 Å². The Hall–Kier alpha value is -2.32. The zero-order valence-electron chi connectivity index (χ0n) is 15.9. The minimum absolute atomic E-state index is 0.0829. The van der Waals surface area contributed by atoms with Crippen LogP contribution in [0.5, 0.6) is 11.5 Å². The molecule has 2 heterocycles. The van der Waals surface area contributed by atoms with Crippen molar-refractivity contribution < 1.29 is 23.8 Å². The van der Waals surface area contributed by atoms with Gasteiger partial charge in [0.2, 0.25) is 5.91 Å². The molecule has 148 valence electrons. The molecule has 0 bridgehead atoms. The standard InChI is InChI=1S/C19H27N3O5/c1-25-14-5-6-15(17(12-14)26-2)20-18(23)13-21-7-9-22(10-8-21)19(24)16-4-3-11-27-16/h5-6,12,16H,3-4,7-11,13H2,1-2H3,(H,20,23)/t16-/m0/s1. The predicted octanol–water partition coefficient (Wildman–Crippen LogP) is 0.965. The van der Waals surface area contributed by atoms with E-state index in [1.54, 1.807) is 32.4 Å². The van der Waals surface area contributed by atoms with Crippen molar-refractivity contribution in [2.24, 2.45) is 0 Å². The van der Waals surface area contributed by atoms with E-state index in [0.717, 1.165) is 12.8 Å². The Balaban J connectivity index is 1.47. The zero-order chi connectivity index (χ0) is 19.2. The quantitative estimate of drug-likeness (QED) is 0.796. The molecule has 0 radical (unpaired) electrons. The number of anilines is 1. The molecular formula is C19H27N3O5. The Labute approximate surface area is 159 Å². The van der Waals surface area contributed by atoms with Gasteiger partial charge in [-0.05, 0) is 25.0 Å². The molecule has 27 heavy (non-hydrogen) atoms. The lowest BCUT2D eigenvalue weighted by Gasteiger charge is -2.35. The zero-order valence-corrected chi connectivity index (χ0v) is 15.9. The highest BCUT2D eigenvalue weighted by atomic mass is 16.5. The number of rotatable bonds is 6. The van der Waals surface area contributed by atoms with Crippen molar-refractivity contribution in [1.82, 2.24) is 9.80 Å². The third kappa shape index (κ3) is 4.90. The lowest BCUT2D eigenvalue weighted by Crippen LogP contribution is -2.52. The normalized spacial score (nSPS) is 20.4. The van der Waals surface area contributed by atoms with Crippen molar-refractivity contribution in [3.05, 3.63) is 18.2 Å². The summed E-state index contributed by atoms with van der Waals surface area (Å²) in [6.45, 7) is 3.54. The molecule has 2 aliphatic rings. The number of methoxy groups -OCH3 is 2. The fraction of sp³-hybridized carbons (Fsp3) is 0.579. The molecule has 8 heteroatoms. The number of carbonyl (C=O) groups is 2. The van der Waals surface area contributed by atoms with Crippen LogP contribution in [-0.2, 0) is 14.3 Å². The van der Waals surface area contributed by atoms with Crippen molar-refractivity contribution in [2.75, 3.05) is 58.9 Å². The fourth-order valence-electron chi connectivity index (χ4n) is 3.40. The molecule has 2 fully saturated rings. The van der Waals surface area contributed by atoms with Crippen molar-refractivity contribution in [1.29, 1.82) is 0 Å². The maximum absolute atomic E-state index is 12.4. The minimum Gasteiger partial charge on any atom is -0.497 e. The van der Waals surface area contributed by atoms with Gasteiger partial charge < -0.3 is 24.4 Å². The van der Waals surface area contributed by atoms with Crippen molar-refractivity contribution in [3.8, 4) is 11.5 Å². The van der Waals surface area contributed by atoms with E-state index < -0.39 is 0 Å². The van der Waals surface area contributed by atoms with Gasteiger partial charge in [0.15, 0.2) is 0 Å². The Morgan fingerprint density at radius 1 is 1.19 bits per heavy atom. The Morgan fingerprint density at radius 3 is 2.59 bits per heavy atom. The van der Waals surface area contributed by atoms with Crippen molar-refractivity contribution in [3.63, 3.8) is 0 Å². The first-order valence-corrected chi connectivity index (χ1v) is 9.25. The molecule has 0 aliphatic carbocycles. The smallest absolute Gasteiger partial charge is 0.251 e. The van der Waals surface area contributed by atoms with E-state index in [1.807, 2.05) is 9.80 Å². The molecule has 3 rings (SSSR count). The van der Waals surface area contributed by atoms with E-state index in [9.17, 15) is 9.59 Å². The number of ether oxygens (including phenoxy) is 3. The first kappa shape index (κ1) is 19.4. The number of carbonyl (C=O) groups excluding carboxylic acids is 2. The molecule has 0 aromatic heterocycles. The SMILES string of the molecule is COc1ccc(NC(=O)CN2CCN(C(=O)[C@@H]3CCCO3)CC2)c(OC)c1. The summed E-state index contributed by atoms with van der Waals surface area (Å²) < 4.78 is 15.9. The van der Waals surface area contributed by atoms with Gasteiger partial charge in [0, 0.05) is 38.9 Å². The second-order valence-corrected chi connectivity index (χ2v) is 6.72. The lowest BCUT2D eigenvalue weighted by molar-refractivity contribution is -0.142. The van der Waals surface area contributed by atoms with E-state index in [2.05, 4.69) is 5.32 Å². The Kier molecular flexibility index (Phi) is 6.52. The van der Waals surface area contributed by atoms with Crippen LogP contribution in [0.25, 0.3) is 0 Å². The Bertz CT molecular complexity index is 667. The minimum atomic E-state index is -0.276. The van der Waals surface area contributed by atoms with E-state index in [4.69, 9.17) is 14.2 Å². The molecule has 1 N–H and O–H groups in total. The van der Waals surface area contributed by atoms with Crippen LogP contribution in [0.1, 0.15) is 12.8 Å². The number of hydrogen-bond acceptors (Lipinski definition) is 6. The molecule has 1 atom stereocenters. The molecule has 0 saturated carbocycles. The fourth-order valence-corrected chi connectivity index (χ4v) is 3.40. The van der Waals surface area contributed by atoms with Gasteiger partial charge in [-0.25, -0.2) is 0 Å². The van der Waals surface area contributed by atoms with Crippen LogP contribution in [0.2, 0.25) is 0 Å². The highest BCUT2D eigenvalue weighted by molar-refractivity contribution is 5.93. The Morgan fingerprint density at radius 2 is 1.96 bits per heavy atom. The van der Waals surface area contributed by atoms with Gasteiger partial charge in [-0.15, -0.1) is 0 Å². The summed E-state index contributed by atoms with van der Waals surface area (Å²) in [6, 6.07) is 5.26. The first-order valence-electron chi connectivity index (χ1n) is 9.25. The summed E-state index contributed by atoms with van der Waals surface area (Å²) >= 11 is 0. The maximum atomic E-state index is 12.4. The van der Waals surface area contributed by atoms with Crippen LogP contribution >= 0.6 is 0 Å². The number of amides is 2. The second kappa shape index (κ2) is 9.05. The van der Waals surface area contributed by atoms with Crippen molar-refractivity contribution in [2.45, 2.75) is 18.9 Å². The molecule has 1 aromatic carbocycles. The third-order valence-electron chi connectivity index (χ3n) is 4.94. The predicted molar refractivity (Wildman–Crippen MR) is 100 cm³/mol. The number of nitrogens with one attached hydrogen (secondary N) is 1. The van der Waals surface area contributed by atoms with Crippen LogP contribution in [0.3, 0.4) is 0 Å². The highest BCUT2D eigenvalue weighted by Gasteiger charge is 2.30. The van der Waals surface area contributed by atoms with Gasteiger partial charge in [-0.2, -0.15) is 0 Å². The second-order valence-electron chi connectivity index (χ2n) is 6.72. The van der Waals surface area contributed by atoms with Gasteiger partial charge in [0.05, 0.1) is 26.5 Å². The summed E-state index contributed by atoms with van der Waals surface area (Å²) in [6.07, 6.45) is 1.48. The molecule has 1 aromatic rings.